The first kappa shape index (κ1) is 18.3. The Morgan fingerprint density at radius 3 is 2.54 bits per heavy atom. The molecule has 0 aliphatic carbocycles. The van der Waals surface area contributed by atoms with Gasteiger partial charge in [0.15, 0.2) is 0 Å². The third-order valence-electron chi connectivity index (χ3n) is 3.90. The molecule has 0 bridgehead atoms. The standard InChI is InChI=1S/C18H22BrN3O2/c1-5-20-16-8-13(19)7-14(12(16)4)17(23)21-9-15-10(2)6-11(3)22-18(15)24/h6-8,20H,5,9H2,1-4H3,(H,21,23)(H,22,24). The van der Waals surface area contributed by atoms with Gasteiger partial charge in [0.05, 0.1) is 0 Å². The Hall–Kier alpha value is -2.08. The zero-order valence-corrected chi connectivity index (χ0v) is 15.9. The number of aromatic amines is 1. The average molecular weight is 392 g/mol. The molecule has 128 valence electrons. The maximum Gasteiger partial charge on any atom is 0.253 e. The van der Waals surface area contributed by atoms with E-state index in [0.29, 0.717) is 11.1 Å². The highest BCUT2D eigenvalue weighted by Crippen LogP contribution is 2.25. The SMILES string of the molecule is CCNc1cc(Br)cc(C(=O)NCc2c(C)cc(C)[nH]c2=O)c1C. The highest BCUT2D eigenvalue weighted by molar-refractivity contribution is 9.10. The van der Waals surface area contributed by atoms with Gasteiger partial charge in [0.25, 0.3) is 11.5 Å². The largest absolute Gasteiger partial charge is 0.385 e. The summed E-state index contributed by atoms with van der Waals surface area (Å²) >= 11 is 3.44. The number of carbonyl (C=O) groups excluding carboxylic acids is 1. The van der Waals surface area contributed by atoms with Gasteiger partial charge in [-0.15, -0.1) is 0 Å². The summed E-state index contributed by atoms with van der Waals surface area (Å²) in [6, 6.07) is 5.64. The van der Waals surface area contributed by atoms with Crippen molar-refractivity contribution in [2.24, 2.45) is 0 Å². The quantitative estimate of drug-likeness (QED) is 0.730. The number of benzene rings is 1. The van der Waals surface area contributed by atoms with Crippen molar-refractivity contribution in [3.63, 3.8) is 0 Å². The van der Waals surface area contributed by atoms with Crippen molar-refractivity contribution in [1.29, 1.82) is 0 Å². The van der Waals surface area contributed by atoms with Crippen LogP contribution < -0.4 is 16.2 Å². The summed E-state index contributed by atoms with van der Waals surface area (Å²) < 4.78 is 0.832. The molecule has 1 amide bonds. The fraction of sp³-hybridized carbons (Fsp3) is 0.333. The maximum atomic E-state index is 12.6. The average Bonchev–Trinajstić information content (AvgIpc) is 2.49. The summed E-state index contributed by atoms with van der Waals surface area (Å²) in [5, 5.41) is 6.09. The minimum atomic E-state index is -0.202. The molecule has 0 radical (unpaired) electrons. The number of H-pyrrole nitrogens is 1. The number of hydrogen-bond acceptors (Lipinski definition) is 3. The first-order valence-corrected chi connectivity index (χ1v) is 8.64. The van der Waals surface area contributed by atoms with E-state index < -0.39 is 0 Å². The third-order valence-corrected chi connectivity index (χ3v) is 4.36. The number of hydrogen-bond donors (Lipinski definition) is 3. The Balaban J connectivity index is 2.24. The Kier molecular flexibility index (Phi) is 5.83. The van der Waals surface area contributed by atoms with Crippen molar-refractivity contribution in [2.45, 2.75) is 34.2 Å². The van der Waals surface area contributed by atoms with Gasteiger partial charge in [-0.05, 0) is 57.0 Å². The van der Waals surface area contributed by atoms with Gasteiger partial charge < -0.3 is 15.6 Å². The second-order valence-electron chi connectivity index (χ2n) is 5.78. The van der Waals surface area contributed by atoms with E-state index in [9.17, 15) is 9.59 Å². The predicted octanol–water partition coefficient (Wildman–Crippen LogP) is 3.42. The molecule has 0 fully saturated rings. The highest BCUT2D eigenvalue weighted by atomic mass is 79.9. The van der Waals surface area contributed by atoms with Crippen LogP contribution in [-0.2, 0) is 6.54 Å². The molecule has 2 aromatic rings. The van der Waals surface area contributed by atoms with E-state index in [4.69, 9.17) is 0 Å². The van der Waals surface area contributed by atoms with Crippen molar-refractivity contribution in [2.75, 3.05) is 11.9 Å². The van der Waals surface area contributed by atoms with Crippen LogP contribution in [0.2, 0.25) is 0 Å². The smallest absolute Gasteiger partial charge is 0.253 e. The van der Waals surface area contributed by atoms with E-state index in [1.807, 2.05) is 39.8 Å². The van der Waals surface area contributed by atoms with E-state index in [2.05, 4.69) is 31.5 Å². The molecular weight excluding hydrogens is 370 g/mol. The van der Waals surface area contributed by atoms with Gasteiger partial charge in [0, 0.05) is 40.1 Å². The fourth-order valence-corrected chi connectivity index (χ4v) is 3.11. The van der Waals surface area contributed by atoms with Gasteiger partial charge in [-0.3, -0.25) is 9.59 Å². The Labute approximate surface area is 150 Å². The van der Waals surface area contributed by atoms with E-state index in [1.54, 1.807) is 6.07 Å². The zero-order chi connectivity index (χ0) is 17.9. The van der Waals surface area contributed by atoms with E-state index in [0.717, 1.165) is 33.5 Å². The lowest BCUT2D eigenvalue weighted by molar-refractivity contribution is 0.0950. The minimum Gasteiger partial charge on any atom is -0.385 e. The third kappa shape index (κ3) is 4.06. The molecule has 3 N–H and O–H groups in total. The van der Waals surface area contributed by atoms with Crippen molar-refractivity contribution in [3.8, 4) is 0 Å². The van der Waals surface area contributed by atoms with Gasteiger partial charge >= 0.3 is 0 Å². The van der Waals surface area contributed by atoms with Crippen molar-refractivity contribution >= 4 is 27.5 Å². The number of aryl methyl sites for hydroxylation is 2. The number of rotatable bonds is 5. The molecule has 0 spiro atoms. The van der Waals surface area contributed by atoms with Crippen LogP contribution in [0.15, 0.2) is 27.5 Å². The Morgan fingerprint density at radius 1 is 1.21 bits per heavy atom. The number of anilines is 1. The van der Waals surface area contributed by atoms with Crippen LogP contribution in [0.4, 0.5) is 5.69 Å². The molecule has 0 saturated heterocycles. The topological polar surface area (TPSA) is 74.0 Å². The summed E-state index contributed by atoms with van der Waals surface area (Å²) in [6.45, 7) is 8.59. The first-order valence-electron chi connectivity index (χ1n) is 7.85. The number of amides is 1. The Morgan fingerprint density at radius 2 is 1.92 bits per heavy atom. The molecule has 0 saturated carbocycles. The zero-order valence-electron chi connectivity index (χ0n) is 14.3. The first-order chi connectivity index (χ1) is 11.3. The summed E-state index contributed by atoms with van der Waals surface area (Å²) in [5.41, 5.74) is 4.48. The second-order valence-corrected chi connectivity index (χ2v) is 6.70. The molecular formula is C18H22BrN3O2. The van der Waals surface area contributed by atoms with Crippen LogP contribution in [0.3, 0.4) is 0 Å². The number of halogens is 1. The lowest BCUT2D eigenvalue weighted by Gasteiger charge is -2.14. The molecule has 0 unspecified atom stereocenters. The van der Waals surface area contributed by atoms with Gasteiger partial charge in [-0.25, -0.2) is 0 Å². The normalized spacial score (nSPS) is 10.5. The van der Waals surface area contributed by atoms with Crippen LogP contribution in [-0.4, -0.2) is 17.4 Å². The second kappa shape index (κ2) is 7.66. The molecule has 6 heteroatoms. The Bertz CT molecular complexity index is 828. The maximum absolute atomic E-state index is 12.6. The van der Waals surface area contributed by atoms with Crippen LogP contribution >= 0.6 is 15.9 Å². The molecule has 1 heterocycles. The van der Waals surface area contributed by atoms with Gasteiger partial charge in [-0.2, -0.15) is 0 Å². The monoisotopic (exact) mass is 391 g/mol. The van der Waals surface area contributed by atoms with E-state index in [-0.39, 0.29) is 18.0 Å². The fourth-order valence-electron chi connectivity index (χ4n) is 2.65. The van der Waals surface area contributed by atoms with Crippen LogP contribution in [0, 0.1) is 20.8 Å². The molecule has 5 nitrogen and oxygen atoms in total. The number of nitrogens with one attached hydrogen (secondary N) is 3. The predicted molar refractivity (Wildman–Crippen MR) is 101 cm³/mol. The molecule has 1 aromatic heterocycles. The van der Waals surface area contributed by atoms with Crippen LogP contribution in [0.1, 0.15) is 39.7 Å². The van der Waals surface area contributed by atoms with Crippen molar-refractivity contribution in [3.05, 3.63) is 61.0 Å². The molecule has 0 aliphatic rings. The molecule has 2 rings (SSSR count). The van der Waals surface area contributed by atoms with Gasteiger partial charge in [0.2, 0.25) is 0 Å². The van der Waals surface area contributed by atoms with Crippen molar-refractivity contribution in [1.82, 2.24) is 10.3 Å². The summed E-state index contributed by atoms with van der Waals surface area (Å²) in [6.07, 6.45) is 0. The number of carbonyl (C=O) groups is 1. The van der Waals surface area contributed by atoms with Crippen LogP contribution in [0.5, 0.6) is 0 Å². The number of aromatic nitrogens is 1. The van der Waals surface area contributed by atoms with Crippen LogP contribution in [0.25, 0.3) is 0 Å². The highest BCUT2D eigenvalue weighted by Gasteiger charge is 2.14. The van der Waals surface area contributed by atoms with E-state index in [1.165, 1.54) is 0 Å². The summed E-state index contributed by atoms with van der Waals surface area (Å²) in [5.74, 6) is -0.202. The molecule has 0 atom stereocenters. The van der Waals surface area contributed by atoms with Crippen molar-refractivity contribution < 1.29 is 4.79 Å². The molecule has 0 aliphatic heterocycles. The summed E-state index contributed by atoms with van der Waals surface area (Å²) in [4.78, 5) is 27.4. The van der Waals surface area contributed by atoms with Gasteiger partial charge in [0.1, 0.15) is 0 Å². The summed E-state index contributed by atoms with van der Waals surface area (Å²) in [7, 11) is 0. The van der Waals surface area contributed by atoms with Gasteiger partial charge in [-0.1, -0.05) is 15.9 Å². The number of pyridine rings is 1. The lowest BCUT2D eigenvalue weighted by atomic mass is 10.1. The lowest BCUT2D eigenvalue weighted by Crippen LogP contribution is -2.28. The molecule has 1 aromatic carbocycles. The van der Waals surface area contributed by atoms with E-state index >= 15 is 0 Å². The minimum absolute atomic E-state index is 0.160. The molecule has 24 heavy (non-hydrogen) atoms.